The minimum absolute atomic E-state index is 0.119. The molecule has 1 heterocycles. The SMILES string of the molecule is COc1ccc(CNC(=O)c2cc(I)ccc2Br)cn1. The maximum atomic E-state index is 12.1. The van der Waals surface area contributed by atoms with Gasteiger partial charge >= 0.3 is 0 Å². The van der Waals surface area contributed by atoms with Crippen LogP contribution in [0.1, 0.15) is 15.9 Å². The fraction of sp³-hybridized carbons (Fsp3) is 0.143. The van der Waals surface area contributed by atoms with E-state index in [0.717, 1.165) is 13.6 Å². The Morgan fingerprint density at radius 3 is 2.85 bits per heavy atom. The number of halogens is 2. The Bertz CT molecular complexity index is 617. The van der Waals surface area contributed by atoms with Crippen LogP contribution < -0.4 is 10.1 Å². The number of carbonyl (C=O) groups excluding carboxylic acids is 1. The lowest BCUT2D eigenvalue weighted by Gasteiger charge is -2.08. The predicted molar refractivity (Wildman–Crippen MR) is 88.8 cm³/mol. The smallest absolute Gasteiger partial charge is 0.252 e. The molecule has 4 nitrogen and oxygen atoms in total. The van der Waals surface area contributed by atoms with Gasteiger partial charge in [-0.2, -0.15) is 0 Å². The molecule has 1 aromatic heterocycles. The maximum Gasteiger partial charge on any atom is 0.252 e. The molecule has 0 spiro atoms. The van der Waals surface area contributed by atoms with E-state index >= 15 is 0 Å². The van der Waals surface area contributed by atoms with Crippen LogP contribution in [0.3, 0.4) is 0 Å². The van der Waals surface area contributed by atoms with Gasteiger partial charge in [0.2, 0.25) is 5.88 Å². The van der Waals surface area contributed by atoms with Gasteiger partial charge in [-0.25, -0.2) is 4.98 Å². The number of hydrogen-bond donors (Lipinski definition) is 1. The van der Waals surface area contributed by atoms with E-state index < -0.39 is 0 Å². The molecule has 0 unspecified atom stereocenters. The zero-order chi connectivity index (χ0) is 14.5. The van der Waals surface area contributed by atoms with E-state index in [1.165, 1.54) is 0 Å². The number of rotatable bonds is 4. The van der Waals surface area contributed by atoms with E-state index in [4.69, 9.17) is 4.74 Å². The first-order valence-electron chi connectivity index (χ1n) is 5.82. The predicted octanol–water partition coefficient (Wildman–Crippen LogP) is 3.39. The minimum atomic E-state index is -0.119. The van der Waals surface area contributed by atoms with Gasteiger partial charge in [-0.15, -0.1) is 0 Å². The first-order chi connectivity index (χ1) is 9.60. The second-order valence-electron chi connectivity index (χ2n) is 4.02. The average Bonchev–Trinajstić information content (AvgIpc) is 2.47. The molecule has 1 amide bonds. The van der Waals surface area contributed by atoms with Crippen molar-refractivity contribution in [2.75, 3.05) is 7.11 Å². The van der Waals surface area contributed by atoms with Gasteiger partial charge in [0.15, 0.2) is 0 Å². The van der Waals surface area contributed by atoms with Crippen LogP contribution in [0.15, 0.2) is 41.0 Å². The van der Waals surface area contributed by atoms with Crippen molar-refractivity contribution in [3.8, 4) is 5.88 Å². The molecule has 0 aliphatic rings. The third-order valence-corrected chi connectivity index (χ3v) is 4.00. The maximum absolute atomic E-state index is 12.1. The van der Waals surface area contributed by atoms with E-state index in [1.54, 1.807) is 19.4 Å². The molecule has 104 valence electrons. The van der Waals surface area contributed by atoms with Crippen molar-refractivity contribution < 1.29 is 9.53 Å². The van der Waals surface area contributed by atoms with Crippen LogP contribution >= 0.6 is 38.5 Å². The number of ether oxygens (including phenoxy) is 1. The Balaban J connectivity index is 2.02. The number of nitrogens with zero attached hydrogens (tertiary/aromatic N) is 1. The van der Waals surface area contributed by atoms with Gasteiger partial charge in [0.25, 0.3) is 5.91 Å². The molecule has 0 saturated heterocycles. The van der Waals surface area contributed by atoms with Crippen molar-refractivity contribution in [3.05, 3.63) is 55.7 Å². The number of pyridine rings is 1. The molecule has 1 N–H and O–H groups in total. The normalized spacial score (nSPS) is 10.2. The first kappa shape index (κ1) is 15.2. The summed E-state index contributed by atoms with van der Waals surface area (Å²) in [6, 6.07) is 9.28. The fourth-order valence-electron chi connectivity index (χ4n) is 1.59. The van der Waals surface area contributed by atoms with Crippen LogP contribution in [-0.2, 0) is 6.54 Å². The van der Waals surface area contributed by atoms with Crippen molar-refractivity contribution in [1.29, 1.82) is 0 Å². The lowest BCUT2D eigenvalue weighted by atomic mass is 10.2. The Kier molecular flexibility index (Phi) is 5.36. The summed E-state index contributed by atoms with van der Waals surface area (Å²) in [4.78, 5) is 16.2. The Labute approximate surface area is 139 Å². The Morgan fingerprint density at radius 1 is 1.40 bits per heavy atom. The molecule has 0 fully saturated rings. The van der Waals surface area contributed by atoms with Crippen molar-refractivity contribution in [2.45, 2.75) is 6.54 Å². The number of benzene rings is 1. The van der Waals surface area contributed by atoms with E-state index in [0.29, 0.717) is 18.0 Å². The summed E-state index contributed by atoms with van der Waals surface area (Å²) in [7, 11) is 1.57. The van der Waals surface area contributed by atoms with Crippen LogP contribution in [0.5, 0.6) is 5.88 Å². The van der Waals surface area contributed by atoms with Crippen LogP contribution in [-0.4, -0.2) is 18.0 Å². The largest absolute Gasteiger partial charge is 0.481 e. The molecule has 0 saturated carbocycles. The van der Waals surface area contributed by atoms with Crippen molar-refractivity contribution >= 4 is 44.4 Å². The molecule has 0 aliphatic heterocycles. The molecule has 2 aromatic rings. The second-order valence-corrected chi connectivity index (χ2v) is 6.12. The standard InChI is InChI=1S/C14H12BrIN2O2/c1-20-13-5-2-9(7-17-13)8-18-14(19)11-6-10(16)3-4-12(11)15/h2-7H,8H2,1H3,(H,18,19). The lowest BCUT2D eigenvalue weighted by molar-refractivity contribution is 0.0950. The van der Waals surface area contributed by atoms with E-state index in [2.05, 4.69) is 48.8 Å². The van der Waals surface area contributed by atoms with Crippen molar-refractivity contribution in [2.24, 2.45) is 0 Å². The summed E-state index contributed by atoms with van der Waals surface area (Å²) in [5, 5.41) is 2.87. The highest BCUT2D eigenvalue weighted by Crippen LogP contribution is 2.19. The minimum Gasteiger partial charge on any atom is -0.481 e. The fourth-order valence-corrected chi connectivity index (χ4v) is 2.50. The zero-order valence-electron chi connectivity index (χ0n) is 10.7. The Morgan fingerprint density at radius 2 is 2.20 bits per heavy atom. The molecule has 0 bridgehead atoms. The van der Waals surface area contributed by atoms with Gasteiger partial charge in [0, 0.05) is 26.9 Å². The van der Waals surface area contributed by atoms with Gasteiger partial charge in [-0.3, -0.25) is 4.79 Å². The number of amides is 1. The summed E-state index contributed by atoms with van der Waals surface area (Å²) in [5.41, 5.74) is 1.54. The molecular formula is C14H12BrIN2O2. The quantitative estimate of drug-likeness (QED) is 0.732. The monoisotopic (exact) mass is 446 g/mol. The van der Waals surface area contributed by atoms with Gasteiger partial charge in [-0.05, 0) is 62.3 Å². The van der Waals surface area contributed by atoms with Crippen LogP contribution in [0.2, 0.25) is 0 Å². The number of carbonyl (C=O) groups is 1. The molecule has 6 heteroatoms. The van der Waals surface area contributed by atoms with Crippen molar-refractivity contribution in [1.82, 2.24) is 10.3 Å². The summed E-state index contributed by atoms with van der Waals surface area (Å²) >= 11 is 5.56. The topological polar surface area (TPSA) is 51.2 Å². The van der Waals surface area contributed by atoms with Crippen LogP contribution in [0.4, 0.5) is 0 Å². The summed E-state index contributed by atoms with van der Waals surface area (Å²) in [6.45, 7) is 0.424. The third kappa shape index (κ3) is 3.92. The van der Waals surface area contributed by atoms with Gasteiger partial charge in [-0.1, -0.05) is 6.07 Å². The summed E-state index contributed by atoms with van der Waals surface area (Å²) in [6.07, 6.45) is 1.68. The van der Waals surface area contributed by atoms with E-state index in [1.807, 2.05) is 24.3 Å². The second kappa shape index (κ2) is 7.03. The first-order valence-corrected chi connectivity index (χ1v) is 7.69. The van der Waals surface area contributed by atoms with E-state index in [-0.39, 0.29) is 5.91 Å². The summed E-state index contributed by atoms with van der Waals surface area (Å²) in [5.74, 6) is 0.437. The van der Waals surface area contributed by atoms with Crippen LogP contribution in [0, 0.1) is 3.57 Å². The zero-order valence-corrected chi connectivity index (χ0v) is 14.4. The van der Waals surface area contributed by atoms with Gasteiger partial charge in [0.05, 0.1) is 12.7 Å². The molecule has 0 radical (unpaired) electrons. The molecule has 1 aromatic carbocycles. The number of hydrogen-bond acceptors (Lipinski definition) is 3. The highest BCUT2D eigenvalue weighted by molar-refractivity contribution is 14.1. The van der Waals surface area contributed by atoms with E-state index in [9.17, 15) is 4.79 Å². The molecule has 0 atom stereocenters. The van der Waals surface area contributed by atoms with Gasteiger partial charge in [0.1, 0.15) is 0 Å². The third-order valence-electron chi connectivity index (χ3n) is 2.63. The van der Waals surface area contributed by atoms with Crippen molar-refractivity contribution in [3.63, 3.8) is 0 Å². The number of nitrogens with one attached hydrogen (secondary N) is 1. The molecule has 2 rings (SSSR count). The highest BCUT2D eigenvalue weighted by Gasteiger charge is 2.10. The average molecular weight is 447 g/mol. The lowest BCUT2D eigenvalue weighted by Crippen LogP contribution is -2.23. The van der Waals surface area contributed by atoms with Gasteiger partial charge < -0.3 is 10.1 Å². The molecule has 20 heavy (non-hydrogen) atoms. The summed E-state index contributed by atoms with van der Waals surface area (Å²) < 4.78 is 6.78. The number of aromatic nitrogens is 1. The molecular weight excluding hydrogens is 435 g/mol. The number of methoxy groups -OCH3 is 1. The Hall–Kier alpha value is -1.15. The highest BCUT2D eigenvalue weighted by atomic mass is 127. The van der Waals surface area contributed by atoms with Crippen LogP contribution in [0.25, 0.3) is 0 Å². The molecule has 0 aliphatic carbocycles.